The maximum absolute atomic E-state index is 12.7. The fraction of sp³-hybridized carbons (Fsp3) is 0.619. The standard InChI is InChI=1S/C21H31N3O3/c1-3-18-21(26)24(17-14-16(2)8-9-19(17)27-18)15-20(25)22-10-7-13-23-11-5-4-6-12-23/h8-9,14,18H,3-7,10-13,15H2,1-2H3,(H,22,25). The van der Waals surface area contributed by atoms with Gasteiger partial charge in [0.25, 0.3) is 5.91 Å². The molecule has 1 aromatic rings. The van der Waals surface area contributed by atoms with Crippen LogP contribution in [0, 0.1) is 6.92 Å². The maximum atomic E-state index is 12.7. The first-order valence-electron chi connectivity index (χ1n) is 10.2. The van der Waals surface area contributed by atoms with Gasteiger partial charge in [-0.1, -0.05) is 19.4 Å². The molecule has 1 aromatic carbocycles. The highest BCUT2D eigenvalue weighted by Gasteiger charge is 2.34. The van der Waals surface area contributed by atoms with Gasteiger partial charge in [-0.15, -0.1) is 0 Å². The number of hydrogen-bond acceptors (Lipinski definition) is 4. The lowest BCUT2D eigenvalue weighted by Gasteiger charge is -2.34. The normalized spacial score (nSPS) is 20.1. The number of carbonyl (C=O) groups is 2. The molecule has 2 amide bonds. The van der Waals surface area contributed by atoms with Crippen LogP contribution >= 0.6 is 0 Å². The highest BCUT2D eigenvalue weighted by Crippen LogP contribution is 2.35. The number of fused-ring (bicyclic) bond motifs is 1. The third-order valence-corrected chi connectivity index (χ3v) is 5.31. The number of anilines is 1. The molecule has 2 aliphatic heterocycles. The fourth-order valence-electron chi connectivity index (χ4n) is 3.77. The number of amides is 2. The quantitative estimate of drug-likeness (QED) is 0.746. The van der Waals surface area contributed by atoms with Crippen LogP contribution in [0.3, 0.4) is 0 Å². The molecule has 2 heterocycles. The van der Waals surface area contributed by atoms with E-state index in [1.54, 1.807) is 4.90 Å². The van der Waals surface area contributed by atoms with E-state index in [4.69, 9.17) is 4.74 Å². The van der Waals surface area contributed by atoms with Crippen molar-refractivity contribution in [2.75, 3.05) is 37.6 Å². The van der Waals surface area contributed by atoms with Crippen molar-refractivity contribution in [3.63, 3.8) is 0 Å². The average molecular weight is 373 g/mol. The number of piperidine rings is 1. The predicted octanol–water partition coefficient (Wildman–Crippen LogP) is 2.49. The minimum absolute atomic E-state index is 0.0405. The molecular weight excluding hydrogens is 342 g/mol. The summed E-state index contributed by atoms with van der Waals surface area (Å²) in [4.78, 5) is 29.2. The molecule has 27 heavy (non-hydrogen) atoms. The highest BCUT2D eigenvalue weighted by atomic mass is 16.5. The molecule has 148 valence electrons. The number of rotatable bonds is 7. The third-order valence-electron chi connectivity index (χ3n) is 5.31. The zero-order valence-electron chi connectivity index (χ0n) is 16.5. The SMILES string of the molecule is CCC1Oc2ccc(C)cc2N(CC(=O)NCCCN2CCCCC2)C1=O. The van der Waals surface area contributed by atoms with E-state index in [1.807, 2.05) is 32.0 Å². The van der Waals surface area contributed by atoms with Gasteiger partial charge in [0.1, 0.15) is 12.3 Å². The molecule has 0 bridgehead atoms. The molecular formula is C21H31N3O3. The van der Waals surface area contributed by atoms with Gasteiger partial charge in [-0.05, 0) is 69.9 Å². The average Bonchev–Trinajstić information content (AvgIpc) is 2.68. The van der Waals surface area contributed by atoms with Crippen molar-refractivity contribution in [3.8, 4) is 5.75 Å². The maximum Gasteiger partial charge on any atom is 0.268 e. The second kappa shape index (κ2) is 9.22. The zero-order chi connectivity index (χ0) is 19.2. The molecule has 0 saturated carbocycles. The highest BCUT2D eigenvalue weighted by molar-refractivity contribution is 6.03. The van der Waals surface area contributed by atoms with E-state index < -0.39 is 6.10 Å². The number of nitrogens with zero attached hydrogens (tertiary/aromatic N) is 2. The van der Waals surface area contributed by atoms with Gasteiger partial charge in [-0.3, -0.25) is 14.5 Å². The molecule has 0 spiro atoms. The number of ether oxygens (including phenoxy) is 1. The Morgan fingerprint density at radius 3 is 2.78 bits per heavy atom. The molecule has 0 aromatic heterocycles. The molecule has 1 saturated heterocycles. The van der Waals surface area contributed by atoms with Crippen molar-refractivity contribution in [1.82, 2.24) is 10.2 Å². The summed E-state index contributed by atoms with van der Waals surface area (Å²) < 4.78 is 5.80. The van der Waals surface area contributed by atoms with Crippen molar-refractivity contribution < 1.29 is 14.3 Å². The van der Waals surface area contributed by atoms with E-state index in [1.165, 1.54) is 32.4 Å². The van der Waals surface area contributed by atoms with Crippen molar-refractivity contribution >= 4 is 17.5 Å². The van der Waals surface area contributed by atoms with Gasteiger partial charge in [0.05, 0.1) is 5.69 Å². The molecule has 6 heteroatoms. The number of hydrogen-bond donors (Lipinski definition) is 1. The lowest BCUT2D eigenvalue weighted by Crippen LogP contribution is -2.49. The molecule has 1 atom stereocenters. The van der Waals surface area contributed by atoms with Crippen LogP contribution in [0.5, 0.6) is 5.75 Å². The molecule has 6 nitrogen and oxygen atoms in total. The summed E-state index contributed by atoms with van der Waals surface area (Å²) >= 11 is 0. The van der Waals surface area contributed by atoms with Crippen molar-refractivity contribution in [3.05, 3.63) is 23.8 Å². The number of carbonyl (C=O) groups excluding carboxylic acids is 2. The molecule has 1 N–H and O–H groups in total. The van der Waals surface area contributed by atoms with Crippen LogP contribution in [-0.4, -0.2) is 55.5 Å². The van der Waals surface area contributed by atoms with Crippen LogP contribution in [0.15, 0.2) is 18.2 Å². The van der Waals surface area contributed by atoms with Crippen LogP contribution in [-0.2, 0) is 9.59 Å². The first-order chi connectivity index (χ1) is 13.1. The Labute approximate surface area is 161 Å². The molecule has 2 aliphatic rings. The van der Waals surface area contributed by atoms with Gasteiger partial charge < -0.3 is 15.0 Å². The summed E-state index contributed by atoms with van der Waals surface area (Å²) in [6, 6.07) is 5.74. The van der Waals surface area contributed by atoms with Gasteiger partial charge >= 0.3 is 0 Å². The smallest absolute Gasteiger partial charge is 0.268 e. The first kappa shape index (κ1) is 19.7. The van der Waals surface area contributed by atoms with Crippen molar-refractivity contribution in [2.24, 2.45) is 0 Å². The Kier molecular flexibility index (Phi) is 6.72. The van der Waals surface area contributed by atoms with E-state index in [9.17, 15) is 9.59 Å². The zero-order valence-corrected chi connectivity index (χ0v) is 16.5. The Balaban J connectivity index is 1.54. The molecule has 1 fully saturated rings. The van der Waals surface area contributed by atoms with E-state index in [2.05, 4.69) is 10.2 Å². The second-order valence-electron chi connectivity index (χ2n) is 7.52. The topological polar surface area (TPSA) is 61.9 Å². The van der Waals surface area contributed by atoms with Crippen molar-refractivity contribution in [1.29, 1.82) is 0 Å². The van der Waals surface area contributed by atoms with Gasteiger partial charge in [-0.2, -0.15) is 0 Å². The van der Waals surface area contributed by atoms with Gasteiger partial charge in [0, 0.05) is 6.54 Å². The van der Waals surface area contributed by atoms with E-state index in [0.29, 0.717) is 24.4 Å². The Morgan fingerprint density at radius 1 is 1.26 bits per heavy atom. The summed E-state index contributed by atoms with van der Waals surface area (Å²) in [5.74, 6) is 0.412. The van der Waals surface area contributed by atoms with Crippen LogP contribution in [0.4, 0.5) is 5.69 Å². The molecule has 0 radical (unpaired) electrons. The second-order valence-corrected chi connectivity index (χ2v) is 7.52. The van der Waals surface area contributed by atoms with E-state index in [-0.39, 0.29) is 18.4 Å². The van der Waals surface area contributed by atoms with Crippen LogP contribution in [0.2, 0.25) is 0 Å². The molecule has 0 aliphatic carbocycles. The summed E-state index contributed by atoms with van der Waals surface area (Å²) in [5, 5.41) is 2.97. The minimum Gasteiger partial charge on any atom is -0.478 e. The minimum atomic E-state index is -0.521. The lowest BCUT2D eigenvalue weighted by atomic mass is 10.1. The Morgan fingerprint density at radius 2 is 2.04 bits per heavy atom. The monoisotopic (exact) mass is 373 g/mol. The van der Waals surface area contributed by atoms with Crippen LogP contribution in [0.25, 0.3) is 0 Å². The number of benzene rings is 1. The predicted molar refractivity (Wildman–Crippen MR) is 106 cm³/mol. The van der Waals surface area contributed by atoms with E-state index in [0.717, 1.165) is 18.5 Å². The first-order valence-corrected chi connectivity index (χ1v) is 10.2. The lowest BCUT2D eigenvalue weighted by molar-refractivity contribution is -0.129. The largest absolute Gasteiger partial charge is 0.478 e. The Bertz CT molecular complexity index is 671. The van der Waals surface area contributed by atoms with Gasteiger partial charge in [-0.25, -0.2) is 0 Å². The van der Waals surface area contributed by atoms with Crippen molar-refractivity contribution in [2.45, 2.75) is 52.1 Å². The number of nitrogens with one attached hydrogen (secondary N) is 1. The van der Waals surface area contributed by atoms with Crippen LogP contribution in [0.1, 0.15) is 44.6 Å². The third kappa shape index (κ3) is 5.01. The number of likely N-dealkylation sites (tertiary alicyclic amines) is 1. The summed E-state index contributed by atoms with van der Waals surface area (Å²) in [7, 11) is 0. The summed E-state index contributed by atoms with van der Waals surface area (Å²) in [6.07, 6.45) is 4.90. The fourth-order valence-corrected chi connectivity index (χ4v) is 3.77. The number of aryl methyl sites for hydroxylation is 1. The molecule has 1 unspecified atom stereocenters. The van der Waals surface area contributed by atoms with Crippen LogP contribution < -0.4 is 15.0 Å². The summed E-state index contributed by atoms with van der Waals surface area (Å²) in [6.45, 7) is 7.94. The van der Waals surface area contributed by atoms with Gasteiger partial charge in [0.2, 0.25) is 5.91 Å². The summed E-state index contributed by atoms with van der Waals surface area (Å²) in [5.41, 5.74) is 1.72. The molecule has 3 rings (SSSR count). The van der Waals surface area contributed by atoms with Gasteiger partial charge in [0.15, 0.2) is 6.10 Å². The van der Waals surface area contributed by atoms with E-state index >= 15 is 0 Å². The Hall–Kier alpha value is -2.08.